The molecule has 0 unspecified atom stereocenters. The maximum absolute atomic E-state index is 12.5. The molecule has 1 heterocycles. The van der Waals surface area contributed by atoms with Crippen LogP contribution in [0.3, 0.4) is 0 Å². The Bertz CT molecular complexity index is 962. The number of aromatic nitrogens is 1. The molecular weight excluding hydrogens is 352 g/mol. The summed E-state index contributed by atoms with van der Waals surface area (Å²) in [4.78, 5) is 24.7. The molecule has 28 heavy (non-hydrogen) atoms. The van der Waals surface area contributed by atoms with Crippen LogP contribution in [0.5, 0.6) is 0 Å². The van der Waals surface area contributed by atoms with Crippen LogP contribution in [0.1, 0.15) is 40.3 Å². The molecule has 144 valence electrons. The summed E-state index contributed by atoms with van der Waals surface area (Å²) in [6.07, 6.45) is 0. The van der Waals surface area contributed by atoms with Crippen LogP contribution in [0.25, 0.3) is 5.69 Å². The summed E-state index contributed by atoms with van der Waals surface area (Å²) in [5.41, 5.74) is 4.15. The zero-order valence-corrected chi connectivity index (χ0v) is 16.3. The van der Waals surface area contributed by atoms with Gasteiger partial charge in [0.2, 0.25) is 0 Å². The molecule has 0 saturated heterocycles. The van der Waals surface area contributed by atoms with E-state index in [1.54, 1.807) is 6.07 Å². The van der Waals surface area contributed by atoms with Crippen molar-refractivity contribution in [2.45, 2.75) is 26.8 Å². The lowest BCUT2D eigenvalue weighted by molar-refractivity contribution is -0.124. The molecule has 1 amide bonds. The standard InChI is InChI=1S/C23H24N2O3/c1-16-14-21(18(3)25(16)20-12-8-5-9-13-20)23(27)28-15-22(26)24-17(2)19-10-6-4-7-11-19/h4-14,17H,15H2,1-3H3,(H,24,26)/t17-/m1/s1. The van der Waals surface area contributed by atoms with Gasteiger partial charge in [0.25, 0.3) is 5.91 Å². The van der Waals surface area contributed by atoms with E-state index in [-0.39, 0.29) is 18.6 Å². The van der Waals surface area contributed by atoms with Crippen LogP contribution in [0.15, 0.2) is 66.7 Å². The molecule has 5 heteroatoms. The number of esters is 1. The highest BCUT2D eigenvalue weighted by atomic mass is 16.5. The van der Waals surface area contributed by atoms with Gasteiger partial charge in [-0.2, -0.15) is 0 Å². The van der Waals surface area contributed by atoms with E-state index in [1.807, 2.05) is 86.0 Å². The van der Waals surface area contributed by atoms with Gasteiger partial charge in [0.05, 0.1) is 11.6 Å². The van der Waals surface area contributed by atoms with E-state index in [4.69, 9.17) is 4.74 Å². The Balaban J connectivity index is 1.63. The van der Waals surface area contributed by atoms with Crippen LogP contribution in [0, 0.1) is 13.8 Å². The highest BCUT2D eigenvalue weighted by molar-refractivity contribution is 5.93. The van der Waals surface area contributed by atoms with Crippen molar-refractivity contribution in [1.29, 1.82) is 0 Å². The van der Waals surface area contributed by atoms with E-state index in [0.29, 0.717) is 5.56 Å². The normalized spacial score (nSPS) is 11.7. The van der Waals surface area contributed by atoms with Crippen molar-refractivity contribution in [3.8, 4) is 5.69 Å². The molecule has 0 saturated carbocycles. The number of carbonyl (C=O) groups is 2. The highest BCUT2D eigenvalue weighted by Crippen LogP contribution is 2.21. The van der Waals surface area contributed by atoms with E-state index < -0.39 is 5.97 Å². The van der Waals surface area contributed by atoms with Gasteiger partial charge in [-0.15, -0.1) is 0 Å². The second kappa shape index (κ2) is 8.57. The maximum Gasteiger partial charge on any atom is 0.340 e. The summed E-state index contributed by atoms with van der Waals surface area (Å²) in [7, 11) is 0. The Labute approximate surface area is 165 Å². The Morgan fingerprint density at radius 3 is 2.25 bits per heavy atom. The molecule has 2 aromatic carbocycles. The molecule has 0 bridgehead atoms. The maximum atomic E-state index is 12.5. The lowest BCUT2D eigenvalue weighted by Crippen LogP contribution is -2.31. The molecule has 3 rings (SSSR count). The molecule has 1 N–H and O–H groups in total. The van der Waals surface area contributed by atoms with Crippen molar-refractivity contribution < 1.29 is 14.3 Å². The fourth-order valence-electron chi connectivity index (χ4n) is 3.26. The third-order valence-corrected chi connectivity index (χ3v) is 4.68. The molecule has 0 aliphatic carbocycles. The number of hydrogen-bond donors (Lipinski definition) is 1. The van der Waals surface area contributed by atoms with Crippen molar-refractivity contribution in [2.75, 3.05) is 6.61 Å². The SMILES string of the molecule is Cc1cc(C(=O)OCC(=O)N[C@H](C)c2ccccc2)c(C)n1-c1ccccc1. The molecule has 5 nitrogen and oxygen atoms in total. The Morgan fingerprint density at radius 1 is 1.00 bits per heavy atom. The molecule has 0 aliphatic rings. The zero-order chi connectivity index (χ0) is 20.1. The fourth-order valence-corrected chi connectivity index (χ4v) is 3.26. The van der Waals surface area contributed by atoms with Gasteiger partial charge in [0, 0.05) is 17.1 Å². The van der Waals surface area contributed by atoms with Crippen molar-refractivity contribution in [2.24, 2.45) is 0 Å². The minimum absolute atomic E-state index is 0.157. The zero-order valence-electron chi connectivity index (χ0n) is 16.3. The number of amides is 1. The molecule has 0 radical (unpaired) electrons. The fraction of sp³-hybridized carbons (Fsp3) is 0.217. The van der Waals surface area contributed by atoms with Gasteiger partial charge in [0.15, 0.2) is 6.61 Å². The summed E-state index contributed by atoms with van der Waals surface area (Å²) in [5, 5.41) is 2.84. The number of nitrogens with zero attached hydrogens (tertiary/aromatic N) is 1. The van der Waals surface area contributed by atoms with E-state index in [0.717, 1.165) is 22.6 Å². The highest BCUT2D eigenvalue weighted by Gasteiger charge is 2.19. The Kier molecular flexibility index (Phi) is 5.94. The van der Waals surface area contributed by atoms with Crippen molar-refractivity contribution in [3.05, 3.63) is 89.2 Å². The topological polar surface area (TPSA) is 60.3 Å². The monoisotopic (exact) mass is 376 g/mol. The van der Waals surface area contributed by atoms with Crippen LogP contribution >= 0.6 is 0 Å². The third kappa shape index (κ3) is 4.31. The van der Waals surface area contributed by atoms with Gasteiger partial charge in [-0.3, -0.25) is 4.79 Å². The van der Waals surface area contributed by atoms with Crippen LogP contribution < -0.4 is 5.32 Å². The number of rotatable bonds is 6. The number of nitrogens with one attached hydrogen (secondary N) is 1. The number of ether oxygens (including phenoxy) is 1. The first-order valence-corrected chi connectivity index (χ1v) is 9.23. The molecular formula is C23H24N2O3. The van der Waals surface area contributed by atoms with Crippen LogP contribution in [0.4, 0.5) is 0 Å². The first-order valence-electron chi connectivity index (χ1n) is 9.23. The van der Waals surface area contributed by atoms with Crippen molar-refractivity contribution in [3.63, 3.8) is 0 Å². The predicted octanol–water partition coefficient (Wildman–Crippen LogP) is 4.13. The first kappa shape index (κ1) is 19.4. The molecule has 0 aliphatic heterocycles. The number of para-hydroxylation sites is 1. The van der Waals surface area contributed by atoms with Crippen molar-refractivity contribution >= 4 is 11.9 Å². The van der Waals surface area contributed by atoms with E-state index >= 15 is 0 Å². The summed E-state index contributed by atoms with van der Waals surface area (Å²) in [6, 6.07) is 21.1. The average Bonchev–Trinajstić information content (AvgIpc) is 3.01. The summed E-state index contributed by atoms with van der Waals surface area (Å²) in [5.74, 6) is -0.834. The lowest BCUT2D eigenvalue weighted by atomic mass is 10.1. The quantitative estimate of drug-likeness (QED) is 0.658. The minimum Gasteiger partial charge on any atom is -0.452 e. The Morgan fingerprint density at radius 2 is 1.61 bits per heavy atom. The summed E-state index contributed by atoms with van der Waals surface area (Å²) < 4.78 is 7.24. The molecule has 1 aromatic heterocycles. The largest absolute Gasteiger partial charge is 0.452 e. The van der Waals surface area contributed by atoms with Crippen LogP contribution in [-0.2, 0) is 9.53 Å². The number of carbonyl (C=O) groups excluding carboxylic acids is 2. The first-order chi connectivity index (χ1) is 13.5. The second-order valence-electron chi connectivity index (χ2n) is 6.73. The van der Waals surface area contributed by atoms with Gasteiger partial charge in [0.1, 0.15) is 0 Å². The number of benzene rings is 2. The predicted molar refractivity (Wildman–Crippen MR) is 109 cm³/mol. The molecule has 3 aromatic rings. The van der Waals surface area contributed by atoms with Gasteiger partial charge in [-0.1, -0.05) is 48.5 Å². The summed E-state index contributed by atoms with van der Waals surface area (Å²) in [6.45, 7) is 5.38. The average molecular weight is 376 g/mol. The number of aryl methyl sites for hydroxylation is 1. The van der Waals surface area contributed by atoms with Gasteiger partial charge >= 0.3 is 5.97 Å². The van der Waals surface area contributed by atoms with E-state index in [1.165, 1.54) is 0 Å². The van der Waals surface area contributed by atoms with E-state index in [2.05, 4.69) is 5.32 Å². The molecule has 0 spiro atoms. The summed E-state index contributed by atoms with van der Waals surface area (Å²) >= 11 is 0. The van der Waals surface area contributed by atoms with Gasteiger partial charge < -0.3 is 14.6 Å². The molecule has 1 atom stereocenters. The number of hydrogen-bond acceptors (Lipinski definition) is 3. The van der Waals surface area contributed by atoms with Crippen LogP contribution in [0.2, 0.25) is 0 Å². The van der Waals surface area contributed by atoms with Gasteiger partial charge in [-0.25, -0.2) is 4.79 Å². The second-order valence-corrected chi connectivity index (χ2v) is 6.73. The van der Waals surface area contributed by atoms with E-state index in [9.17, 15) is 9.59 Å². The molecule has 0 fully saturated rings. The smallest absolute Gasteiger partial charge is 0.340 e. The van der Waals surface area contributed by atoms with Gasteiger partial charge in [-0.05, 0) is 44.5 Å². The Hall–Kier alpha value is -3.34. The lowest BCUT2D eigenvalue weighted by Gasteiger charge is -2.14. The van der Waals surface area contributed by atoms with Crippen LogP contribution in [-0.4, -0.2) is 23.1 Å². The minimum atomic E-state index is -0.502. The third-order valence-electron chi connectivity index (χ3n) is 4.68. The van der Waals surface area contributed by atoms with Crippen molar-refractivity contribution in [1.82, 2.24) is 9.88 Å².